The zero-order valence-corrected chi connectivity index (χ0v) is 14.0. The van der Waals surface area contributed by atoms with Crippen molar-refractivity contribution < 1.29 is 4.79 Å². The third-order valence-electron chi connectivity index (χ3n) is 4.62. The number of hydrogen-bond acceptors (Lipinski definition) is 2. The second kappa shape index (κ2) is 7.14. The fraction of sp³-hybridized carbons (Fsp3) is 0.500. The highest BCUT2D eigenvalue weighted by molar-refractivity contribution is 7.17. The molecule has 1 aromatic heterocycles. The Balaban J connectivity index is 1.51. The van der Waals surface area contributed by atoms with Crippen LogP contribution in [0.5, 0.6) is 0 Å². The molecule has 1 unspecified atom stereocenters. The summed E-state index contributed by atoms with van der Waals surface area (Å²) in [5.41, 5.74) is 1.34. The summed E-state index contributed by atoms with van der Waals surface area (Å²) in [6, 6.07) is 8.58. The maximum Gasteiger partial charge on any atom is 0.317 e. The predicted octanol–water partition coefficient (Wildman–Crippen LogP) is 4.28. The van der Waals surface area contributed by atoms with Gasteiger partial charge in [-0.3, -0.25) is 0 Å². The van der Waals surface area contributed by atoms with Gasteiger partial charge < -0.3 is 10.2 Å². The number of amides is 2. The van der Waals surface area contributed by atoms with Gasteiger partial charge in [-0.1, -0.05) is 31.5 Å². The van der Waals surface area contributed by atoms with E-state index in [1.54, 1.807) is 11.3 Å². The molecule has 1 saturated heterocycles. The van der Waals surface area contributed by atoms with Crippen molar-refractivity contribution in [3.05, 3.63) is 35.2 Å². The summed E-state index contributed by atoms with van der Waals surface area (Å²) in [6.45, 7) is 4.76. The van der Waals surface area contributed by atoms with Gasteiger partial charge in [0.15, 0.2) is 0 Å². The number of benzene rings is 1. The van der Waals surface area contributed by atoms with Gasteiger partial charge in [-0.15, -0.1) is 11.3 Å². The monoisotopic (exact) mass is 316 g/mol. The second-order valence-electron chi connectivity index (χ2n) is 6.10. The zero-order chi connectivity index (χ0) is 15.4. The molecular formula is C18H24N2OS. The fourth-order valence-electron chi connectivity index (χ4n) is 3.23. The number of rotatable bonds is 4. The Morgan fingerprint density at radius 2 is 2.27 bits per heavy atom. The van der Waals surface area contributed by atoms with Crippen LogP contribution in [0.15, 0.2) is 29.6 Å². The van der Waals surface area contributed by atoms with Gasteiger partial charge >= 0.3 is 6.03 Å². The Kier molecular flexibility index (Phi) is 4.98. The van der Waals surface area contributed by atoms with Gasteiger partial charge in [-0.2, -0.15) is 0 Å². The number of nitrogens with zero attached hydrogens (tertiary/aromatic N) is 1. The van der Waals surface area contributed by atoms with E-state index in [9.17, 15) is 4.79 Å². The van der Waals surface area contributed by atoms with Gasteiger partial charge in [0.1, 0.15) is 0 Å². The first-order valence-corrected chi connectivity index (χ1v) is 9.13. The highest BCUT2D eigenvalue weighted by atomic mass is 32.1. The molecule has 1 N–H and O–H groups in total. The number of piperidine rings is 1. The Bertz CT molecular complexity index is 637. The van der Waals surface area contributed by atoms with Crippen LogP contribution >= 0.6 is 11.3 Å². The molecule has 118 valence electrons. The standard InChI is InChI=1S/C18H24N2OS/c1-2-14-6-5-11-20(12-14)18(21)19-10-9-15-13-22-17-8-4-3-7-16(15)17/h3-4,7-8,13-14H,2,5-6,9-12H2,1H3,(H,19,21). The van der Waals surface area contributed by atoms with Gasteiger partial charge in [0.05, 0.1) is 0 Å². The SMILES string of the molecule is CCC1CCCN(C(=O)NCCc2csc3ccccc23)C1. The number of carbonyl (C=O) groups is 1. The molecule has 3 nitrogen and oxygen atoms in total. The van der Waals surface area contributed by atoms with E-state index in [0.29, 0.717) is 12.5 Å². The van der Waals surface area contributed by atoms with E-state index < -0.39 is 0 Å². The molecule has 3 rings (SSSR count). The average Bonchev–Trinajstić information content (AvgIpc) is 2.98. The Hall–Kier alpha value is -1.55. The van der Waals surface area contributed by atoms with Gasteiger partial charge in [0.25, 0.3) is 0 Å². The van der Waals surface area contributed by atoms with Crippen LogP contribution in [0.25, 0.3) is 10.1 Å². The van der Waals surface area contributed by atoms with Crippen LogP contribution in [0.1, 0.15) is 31.7 Å². The molecule has 0 spiro atoms. The molecule has 0 bridgehead atoms. The first kappa shape index (κ1) is 15.3. The minimum absolute atomic E-state index is 0.109. The van der Waals surface area contributed by atoms with Crippen LogP contribution in [0, 0.1) is 5.92 Å². The summed E-state index contributed by atoms with van der Waals surface area (Å²) in [5.74, 6) is 0.681. The number of urea groups is 1. The summed E-state index contributed by atoms with van der Waals surface area (Å²) >= 11 is 1.78. The maximum atomic E-state index is 12.3. The lowest BCUT2D eigenvalue weighted by atomic mass is 9.96. The van der Waals surface area contributed by atoms with E-state index >= 15 is 0 Å². The average molecular weight is 316 g/mol. The lowest BCUT2D eigenvalue weighted by Gasteiger charge is -2.32. The molecule has 2 aromatic rings. The van der Waals surface area contributed by atoms with E-state index in [1.165, 1.54) is 28.5 Å². The molecule has 4 heteroatoms. The summed E-state index contributed by atoms with van der Waals surface area (Å²) in [6.07, 6.45) is 4.48. The molecule has 1 atom stereocenters. The first-order valence-electron chi connectivity index (χ1n) is 8.25. The predicted molar refractivity (Wildman–Crippen MR) is 93.5 cm³/mol. The third-order valence-corrected chi connectivity index (χ3v) is 5.63. The number of hydrogen-bond donors (Lipinski definition) is 1. The summed E-state index contributed by atoms with van der Waals surface area (Å²) < 4.78 is 1.32. The molecular weight excluding hydrogens is 292 g/mol. The van der Waals surface area contributed by atoms with E-state index in [2.05, 4.69) is 41.9 Å². The van der Waals surface area contributed by atoms with Crippen LogP contribution in [-0.4, -0.2) is 30.6 Å². The molecule has 0 aliphatic carbocycles. The van der Waals surface area contributed by atoms with Gasteiger partial charge in [-0.05, 0) is 47.6 Å². The maximum absolute atomic E-state index is 12.3. The zero-order valence-electron chi connectivity index (χ0n) is 13.2. The van der Waals surface area contributed by atoms with Crippen LogP contribution in [0.3, 0.4) is 0 Å². The Morgan fingerprint density at radius 1 is 1.41 bits per heavy atom. The summed E-state index contributed by atoms with van der Waals surface area (Å²) in [7, 11) is 0. The second-order valence-corrected chi connectivity index (χ2v) is 7.01. The van der Waals surface area contributed by atoms with Crippen molar-refractivity contribution >= 4 is 27.5 Å². The Morgan fingerprint density at radius 3 is 3.14 bits per heavy atom. The molecule has 2 heterocycles. The molecule has 1 aliphatic heterocycles. The van der Waals surface area contributed by atoms with Crippen LogP contribution in [0.2, 0.25) is 0 Å². The third kappa shape index (κ3) is 3.43. The fourth-order valence-corrected chi connectivity index (χ4v) is 4.22. The normalized spacial score (nSPS) is 18.6. The van der Waals surface area contributed by atoms with Crippen molar-refractivity contribution in [2.24, 2.45) is 5.92 Å². The number of carbonyl (C=O) groups excluding carboxylic acids is 1. The number of nitrogens with one attached hydrogen (secondary N) is 1. The highest BCUT2D eigenvalue weighted by Crippen LogP contribution is 2.25. The molecule has 1 aliphatic rings. The smallest absolute Gasteiger partial charge is 0.317 e. The lowest BCUT2D eigenvalue weighted by molar-refractivity contribution is 0.164. The van der Waals surface area contributed by atoms with Crippen molar-refractivity contribution in [3.63, 3.8) is 0 Å². The number of fused-ring (bicyclic) bond motifs is 1. The number of likely N-dealkylation sites (tertiary alicyclic amines) is 1. The van der Waals surface area contributed by atoms with Crippen molar-refractivity contribution in [2.45, 2.75) is 32.6 Å². The van der Waals surface area contributed by atoms with Crippen molar-refractivity contribution in [1.82, 2.24) is 10.2 Å². The molecule has 1 aromatic carbocycles. The van der Waals surface area contributed by atoms with Crippen molar-refractivity contribution in [2.75, 3.05) is 19.6 Å². The molecule has 0 radical (unpaired) electrons. The van der Waals surface area contributed by atoms with Crippen LogP contribution in [-0.2, 0) is 6.42 Å². The van der Waals surface area contributed by atoms with E-state index in [1.807, 2.05) is 4.90 Å². The van der Waals surface area contributed by atoms with E-state index in [0.717, 1.165) is 25.9 Å². The van der Waals surface area contributed by atoms with Crippen LogP contribution < -0.4 is 5.32 Å². The molecule has 1 fully saturated rings. The first-order chi connectivity index (χ1) is 10.8. The van der Waals surface area contributed by atoms with E-state index in [-0.39, 0.29) is 6.03 Å². The largest absolute Gasteiger partial charge is 0.338 e. The van der Waals surface area contributed by atoms with Gasteiger partial charge in [0, 0.05) is 24.3 Å². The topological polar surface area (TPSA) is 32.3 Å². The minimum Gasteiger partial charge on any atom is -0.338 e. The molecule has 0 saturated carbocycles. The van der Waals surface area contributed by atoms with Gasteiger partial charge in [0.2, 0.25) is 0 Å². The molecule has 2 amide bonds. The van der Waals surface area contributed by atoms with E-state index in [4.69, 9.17) is 0 Å². The molecule has 22 heavy (non-hydrogen) atoms. The summed E-state index contributed by atoms with van der Waals surface area (Å²) in [4.78, 5) is 14.3. The summed E-state index contributed by atoms with van der Waals surface area (Å²) in [5, 5.41) is 6.63. The minimum atomic E-state index is 0.109. The Labute approximate surface area is 136 Å². The van der Waals surface area contributed by atoms with Crippen molar-refractivity contribution in [1.29, 1.82) is 0 Å². The van der Waals surface area contributed by atoms with Gasteiger partial charge in [-0.25, -0.2) is 4.79 Å². The lowest BCUT2D eigenvalue weighted by Crippen LogP contribution is -2.45. The van der Waals surface area contributed by atoms with Crippen LogP contribution in [0.4, 0.5) is 4.79 Å². The van der Waals surface area contributed by atoms with Crippen molar-refractivity contribution in [3.8, 4) is 0 Å². The quantitative estimate of drug-likeness (QED) is 0.897. The highest BCUT2D eigenvalue weighted by Gasteiger charge is 2.22. The number of thiophene rings is 1.